The van der Waals surface area contributed by atoms with Crippen LogP contribution in [0.5, 0.6) is 0 Å². The molecule has 3 heteroatoms. The second kappa shape index (κ2) is 4.78. The molecular formula is C11H23NO2. The highest BCUT2D eigenvalue weighted by atomic mass is 16.5. The Kier molecular flexibility index (Phi) is 4.59. The normalized spacial score (nSPS) is 12.7. The van der Waals surface area contributed by atoms with E-state index in [4.69, 9.17) is 5.73 Å². The van der Waals surface area contributed by atoms with E-state index in [9.17, 15) is 4.79 Å². The zero-order valence-corrected chi connectivity index (χ0v) is 10.0. The van der Waals surface area contributed by atoms with Gasteiger partial charge in [0.15, 0.2) is 0 Å². The summed E-state index contributed by atoms with van der Waals surface area (Å²) in [6, 6.07) is 0. The zero-order valence-electron chi connectivity index (χ0n) is 10.0. The molecule has 0 rings (SSSR count). The molecule has 0 radical (unpaired) electrons. The van der Waals surface area contributed by atoms with Crippen molar-refractivity contribution in [2.75, 3.05) is 13.7 Å². The molecule has 0 aliphatic rings. The van der Waals surface area contributed by atoms with Crippen molar-refractivity contribution in [3.05, 3.63) is 0 Å². The number of carbonyl (C=O) groups is 1. The number of esters is 1. The summed E-state index contributed by atoms with van der Waals surface area (Å²) in [6.07, 6.45) is 1.37. The summed E-state index contributed by atoms with van der Waals surface area (Å²) in [4.78, 5) is 11.1. The van der Waals surface area contributed by atoms with Crippen LogP contribution in [0.4, 0.5) is 0 Å². The number of ether oxygens (including phenoxy) is 1. The lowest BCUT2D eigenvalue weighted by Gasteiger charge is -2.33. The lowest BCUT2D eigenvalue weighted by molar-refractivity contribution is -0.143. The SMILES string of the molecule is COC(=O)CC(C)(C)CC(C)(C)CN. The van der Waals surface area contributed by atoms with Crippen LogP contribution in [0.25, 0.3) is 0 Å². The first-order valence-corrected chi connectivity index (χ1v) is 4.99. The fraction of sp³-hybridized carbons (Fsp3) is 0.909. The predicted molar refractivity (Wildman–Crippen MR) is 57.9 cm³/mol. The van der Waals surface area contributed by atoms with Crippen LogP contribution in [0.2, 0.25) is 0 Å². The van der Waals surface area contributed by atoms with Crippen molar-refractivity contribution in [3.8, 4) is 0 Å². The quantitative estimate of drug-likeness (QED) is 0.692. The molecule has 0 unspecified atom stereocenters. The third kappa shape index (κ3) is 5.22. The van der Waals surface area contributed by atoms with E-state index in [1.807, 2.05) is 0 Å². The molecule has 14 heavy (non-hydrogen) atoms. The molecule has 0 aromatic rings. The third-order valence-electron chi connectivity index (χ3n) is 2.36. The van der Waals surface area contributed by atoms with Crippen molar-refractivity contribution in [2.24, 2.45) is 16.6 Å². The lowest BCUT2D eigenvalue weighted by atomic mass is 9.73. The van der Waals surface area contributed by atoms with Crippen LogP contribution in [0.1, 0.15) is 40.5 Å². The van der Waals surface area contributed by atoms with Gasteiger partial charge in [0.1, 0.15) is 0 Å². The van der Waals surface area contributed by atoms with Gasteiger partial charge < -0.3 is 10.5 Å². The monoisotopic (exact) mass is 201 g/mol. The first kappa shape index (κ1) is 13.4. The molecule has 3 nitrogen and oxygen atoms in total. The lowest BCUT2D eigenvalue weighted by Crippen LogP contribution is -2.31. The third-order valence-corrected chi connectivity index (χ3v) is 2.36. The van der Waals surface area contributed by atoms with Gasteiger partial charge in [-0.25, -0.2) is 0 Å². The van der Waals surface area contributed by atoms with Gasteiger partial charge in [-0.1, -0.05) is 27.7 Å². The second-order valence-electron chi connectivity index (χ2n) is 5.46. The van der Waals surface area contributed by atoms with Crippen LogP contribution >= 0.6 is 0 Å². The number of hydrogen-bond acceptors (Lipinski definition) is 3. The molecule has 0 fully saturated rings. The molecule has 2 N–H and O–H groups in total. The molecule has 84 valence electrons. The van der Waals surface area contributed by atoms with Crippen LogP contribution in [0, 0.1) is 10.8 Å². The Balaban J connectivity index is 4.26. The average Bonchev–Trinajstić information content (AvgIpc) is 2.01. The van der Waals surface area contributed by atoms with Crippen molar-refractivity contribution >= 4 is 5.97 Å². The second-order valence-corrected chi connectivity index (χ2v) is 5.46. The standard InChI is InChI=1S/C11H23NO2/c1-10(2,6-9(13)14-5)7-11(3,4)8-12/h6-8,12H2,1-5H3. The fourth-order valence-electron chi connectivity index (χ4n) is 1.89. The summed E-state index contributed by atoms with van der Waals surface area (Å²) < 4.78 is 4.66. The maximum absolute atomic E-state index is 11.1. The van der Waals surface area contributed by atoms with Gasteiger partial charge in [0.25, 0.3) is 0 Å². The Hall–Kier alpha value is -0.570. The van der Waals surface area contributed by atoms with Gasteiger partial charge >= 0.3 is 5.97 Å². The predicted octanol–water partition coefficient (Wildman–Crippen LogP) is 1.95. The molecule has 0 aliphatic carbocycles. The smallest absolute Gasteiger partial charge is 0.306 e. The summed E-state index contributed by atoms with van der Waals surface area (Å²) in [5.74, 6) is -0.150. The molecule has 0 saturated carbocycles. The van der Waals surface area contributed by atoms with Crippen LogP contribution in [0.3, 0.4) is 0 Å². The van der Waals surface area contributed by atoms with Gasteiger partial charge in [-0.05, 0) is 23.8 Å². The Morgan fingerprint density at radius 3 is 2.07 bits per heavy atom. The topological polar surface area (TPSA) is 52.3 Å². The molecule has 0 aromatic heterocycles. The average molecular weight is 201 g/mol. The highest BCUT2D eigenvalue weighted by Crippen LogP contribution is 2.35. The van der Waals surface area contributed by atoms with E-state index < -0.39 is 0 Å². The van der Waals surface area contributed by atoms with Gasteiger partial charge in [-0.2, -0.15) is 0 Å². The van der Waals surface area contributed by atoms with Crippen molar-refractivity contribution < 1.29 is 9.53 Å². The number of nitrogens with two attached hydrogens (primary N) is 1. The van der Waals surface area contributed by atoms with Crippen molar-refractivity contribution in [1.82, 2.24) is 0 Å². The summed E-state index contributed by atoms with van der Waals surface area (Å²) in [5, 5.41) is 0. The van der Waals surface area contributed by atoms with E-state index in [1.54, 1.807) is 0 Å². The first-order valence-electron chi connectivity index (χ1n) is 4.99. The largest absolute Gasteiger partial charge is 0.469 e. The molecule has 0 spiro atoms. The Morgan fingerprint density at radius 2 is 1.71 bits per heavy atom. The number of methoxy groups -OCH3 is 1. The van der Waals surface area contributed by atoms with Crippen LogP contribution in [-0.4, -0.2) is 19.6 Å². The molecule has 0 aromatic carbocycles. The first-order chi connectivity index (χ1) is 6.22. The molecule has 0 bridgehead atoms. The van der Waals surface area contributed by atoms with Gasteiger partial charge in [0.2, 0.25) is 0 Å². The molecule has 0 heterocycles. The summed E-state index contributed by atoms with van der Waals surface area (Å²) in [7, 11) is 1.42. The van der Waals surface area contributed by atoms with E-state index in [0.717, 1.165) is 6.42 Å². The molecule has 0 atom stereocenters. The highest BCUT2D eigenvalue weighted by molar-refractivity contribution is 5.69. The summed E-state index contributed by atoms with van der Waals surface area (Å²) in [5.41, 5.74) is 5.70. The van der Waals surface area contributed by atoms with Gasteiger partial charge in [0.05, 0.1) is 13.5 Å². The van der Waals surface area contributed by atoms with E-state index >= 15 is 0 Å². The van der Waals surface area contributed by atoms with Gasteiger partial charge in [-0.3, -0.25) is 4.79 Å². The molecule has 0 saturated heterocycles. The maximum atomic E-state index is 11.1. The zero-order chi connectivity index (χ0) is 11.4. The number of carbonyl (C=O) groups excluding carboxylic acids is 1. The van der Waals surface area contributed by atoms with Crippen LogP contribution < -0.4 is 5.73 Å². The van der Waals surface area contributed by atoms with Gasteiger partial charge in [-0.15, -0.1) is 0 Å². The summed E-state index contributed by atoms with van der Waals surface area (Å²) >= 11 is 0. The van der Waals surface area contributed by atoms with E-state index in [2.05, 4.69) is 32.4 Å². The van der Waals surface area contributed by atoms with E-state index in [0.29, 0.717) is 13.0 Å². The Bertz CT molecular complexity index is 197. The maximum Gasteiger partial charge on any atom is 0.306 e. The van der Waals surface area contributed by atoms with Crippen LogP contribution in [-0.2, 0) is 9.53 Å². The minimum atomic E-state index is -0.150. The Labute approximate surface area is 87.0 Å². The molecule has 0 amide bonds. The van der Waals surface area contributed by atoms with Crippen molar-refractivity contribution in [1.29, 1.82) is 0 Å². The molecule has 0 aliphatic heterocycles. The number of hydrogen-bond donors (Lipinski definition) is 1. The van der Waals surface area contributed by atoms with E-state index in [-0.39, 0.29) is 16.8 Å². The van der Waals surface area contributed by atoms with Crippen molar-refractivity contribution in [2.45, 2.75) is 40.5 Å². The fourth-order valence-corrected chi connectivity index (χ4v) is 1.89. The van der Waals surface area contributed by atoms with Gasteiger partial charge in [0, 0.05) is 0 Å². The minimum Gasteiger partial charge on any atom is -0.469 e. The summed E-state index contributed by atoms with van der Waals surface area (Å²) in [6.45, 7) is 9.01. The van der Waals surface area contributed by atoms with E-state index in [1.165, 1.54) is 7.11 Å². The number of rotatable bonds is 5. The van der Waals surface area contributed by atoms with Crippen molar-refractivity contribution in [3.63, 3.8) is 0 Å². The highest BCUT2D eigenvalue weighted by Gasteiger charge is 2.30. The van der Waals surface area contributed by atoms with Crippen LogP contribution in [0.15, 0.2) is 0 Å². The Morgan fingerprint density at radius 1 is 1.21 bits per heavy atom. The molecular weight excluding hydrogens is 178 g/mol. The minimum absolute atomic E-state index is 0.0457.